The highest BCUT2D eigenvalue weighted by Crippen LogP contribution is 2.26. The van der Waals surface area contributed by atoms with E-state index in [2.05, 4.69) is 99.0 Å². The van der Waals surface area contributed by atoms with Crippen molar-refractivity contribution in [2.75, 3.05) is 13.2 Å². The van der Waals surface area contributed by atoms with Crippen LogP contribution in [0.1, 0.15) is 239 Å². The zero-order valence-corrected chi connectivity index (χ0v) is 46.9. The summed E-state index contributed by atoms with van der Waals surface area (Å²) in [5.74, 6) is -1.24. The van der Waals surface area contributed by atoms with Crippen molar-refractivity contribution in [1.29, 1.82) is 0 Å². The van der Waals surface area contributed by atoms with Crippen LogP contribution in [0.5, 0.6) is 0 Å². The highest BCUT2D eigenvalue weighted by Gasteiger charge is 2.47. The van der Waals surface area contributed by atoms with Crippen LogP contribution in [0.25, 0.3) is 0 Å². The third-order valence-electron chi connectivity index (χ3n) is 13.5. The Balaban J connectivity index is 2.74. The van der Waals surface area contributed by atoms with E-state index in [0.29, 0.717) is 12.8 Å². The van der Waals surface area contributed by atoms with Crippen molar-refractivity contribution in [3.05, 3.63) is 85.1 Å². The number of aliphatic hydroxyl groups excluding tert-OH is 5. The zero-order valence-electron chi connectivity index (χ0n) is 46.9. The molecule has 1 rings (SSSR count). The van der Waals surface area contributed by atoms with Gasteiger partial charge >= 0.3 is 5.97 Å². The summed E-state index contributed by atoms with van der Waals surface area (Å²) >= 11 is 0. The van der Waals surface area contributed by atoms with Gasteiger partial charge in [0, 0.05) is 6.42 Å². The average Bonchev–Trinajstić information content (AvgIpc) is 3.40. The molecule has 1 aliphatic rings. The molecule has 11 nitrogen and oxygen atoms in total. The summed E-state index contributed by atoms with van der Waals surface area (Å²) in [5, 5.41) is 56.9. The van der Waals surface area contributed by atoms with Crippen LogP contribution in [0.15, 0.2) is 85.1 Å². The number of esters is 1. The normalized spacial score (nSPS) is 19.9. The molecular formula is C63H109NO10. The monoisotopic (exact) mass is 1040 g/mol. The van der Waals surface area contributed by atoms with E-state index in [4.69, 9.17) is 14.2 Å². The van der Waals surface area contributed by atoms with Crippen LogP contribution in [-0.4, -0.2) is 99.6 Å². The topological polar surface area (TPSA) is 175 Å². The second-order valence-corrected chi connectivity index (χ2v) is 20.3. The van der Waals surface area contributed by atoms with Crippen LogP contribution in [0.2, 0.25) is 0 Å². The fraction of sp³-hybridized carbons (Fsp3) is 0.746. The number of nitrogens with one attached hydrogen (secondary N) is 1. The molecule has 1 amide bonds. The summed E-state index contributed by atoms with van der Waals surface area (Å²) in [6.07, 6.45) is 54.7. The van der Waals surface area contributed by atoms with Crippen LogP contribution in [-0.2, 0) is 23.8 Å². The lowest BCUT2D eigenvalue weighted by molar-refractivity contribution is -0.305. The third kappa shape index (κ3) is 38.4. The molecule has 0 aliphatic carbocycles. The Morgan fingerprint density at radius 3 is 1.49 bits per heavy atom. The Bertz CT molecular complexity index is 1520. The second-order valence-electron chi connectivity index (χ2n) is 20.3. The predicted molar refractivity (Wildman–Crippen MR) is 306 cm³/mol. The van der Waals surface area contributed by atoms with Gasteiger partial charge in [0.25, 0.3) is 0 Å². The number of aliphatic hydroxyl groups is 5. The first kappa shape index (κ1) is 68.9. The summed E-state index contributed by atoms with van der Waals surface area (Å²) < 4.78 is 17.6. The summed E-state index contributed by atoms with van der Waals surface area (Å²) in [7, 11) is 0. The van der Waals surface area contributed by atoms with E-state index < -0.39 is 67.4 Å². The summed E-state index contributed by atoms with van der Waals surface area (Å²) in [6, 6.07) is -1.04. The Morgan fingerprint density at radius 2 is 0.973 bits per heavy atom. The Labute approximate surface area is 451 Å². The molecular weight excluding hydrogens is 931 g/mol. The molecule has 0 aromatic carbocycles. The molecule has 0 spiro atoms. The molecule has 8 atom stereocenters. The Kier molecular flexibility index (Phi) is 47.1. The van der Waals surface area contributed by atoms with Crippen molar-refractivity contribution in [3.63, 3.8) is 0 Å². The fourth-order valence-corrected chi connectivity index (χ4v) is 8.79. The van der Waals surface area contributed by atoms with Gasteiger partial charge in [0.15, 0.2) is 12.4 Å². The minimum atomic E-state index is -1.63. The molecule has 11 heteroatoms. The first-order valence-corrected chi connectivity index (χ1v) is 29.9. The van der Waals surface area contributed by atoms with Crippen molar-refractivity contribution in [3.8, 4) is 0 Å². The van der Waals surface area contributed by atoms with E-state index in [1.807, 2.05) is 6.08 Å². The molecule has 1 heterocycles. The molecule has 426 valence electrons. The van der Waals surface area contributed by atoms with Gasteiger partial charge in [0.05, 0.1) is 25.4 Å². The number of carbonyl (C=O) groups excluding carboxylic acids is 2. The molecule has 1 fully saturated rings. The molecule has 1 saturated heterocycles. The predicted octanol–water partition coefficient (Wildman–Crippen LogP) is 13.8. The number of carbonyl (C=O) groups is 2. The molecule has 0 aromatic heterocycles. The maximum absolute atomic E-state index is 13.4. The number of allylic oxidation sites excluding steroid dienone is 13. The maximum atomic E-state index is 13.4. The Morgan fingerprint density at radius 1 is 0.541 bits per heavy atom. The number of hydrogen-bond donors (Lipinski definition) is 6. The van der Waals surface area contributed by atoms with Gasteiger partial charge in [-0.2, -0.15) is 0 Å². The number of hydrogen-bond acceptors (Lipinski definition) is 10. The lowest BCUT2D eigenvalue weighted by atomic mass is 9.99. The van der Waals surface area contributed by atoms with Gasteiger partial charge in [0.2, 0.25) is 5.91 Å². The highest BCUT2D eigenvalue weighted by atomic mass is 16.7. The van der Waals surface area contributed by atoms with Gasteiger partial charge in [-0.25, -0.2) is 0 Å². The number of rotatable bonds is 49. The number of unbranched alkanes of at least 4 members (excludes halogenated alkanes) is 23. The number of amides is 1. The molecule has 74 heavy (non-hydrogen) atoms. The van der Waals surface area contributed by atoms with E-state index in [-0.39, 0.29) is 19.4 Å². The Hall–Kier alpha value is -3.16. The molecule has 0 aromatic rings. The highest BCUT2D eigenvalue weighted by molar-refractivity contribution is 5.80. The molecule has 6 N–H and O–H groups in total. The van der Waals surface area contributed by atoms with Crippen molar-refractivity contribution in [2.24, 2.45) is 0 Å². The van der Waals surface area contributed by atoms with Gasteiger partial charge < -0.3 is 45.1 Å². The first-order valence-electron chi connectivity index (χ1n) is 29.9. The van der Waals surface area contributed by atoms with Gasteiger partial charge in [-0.05, 0) is 96.3 Å². The quantitative estimate of drug-likeness (QED) is 0.0195. The molecule has 1 aliphatic heterocycles. The van der Waals surface area contributed by atoms with Crippen molar-refractivity contribution in [1.82, 2.24) is 5.32 Å². The lowest BCUT2D eigenvalue weighted by Gasteiger charge is -2.41. The number of ether oxygens (including phenoxy) is 3. The standard InChI is InChI=1S/C63H109NO10/c1-4-7-10-13-16-19-22-25-26-27-28-29-30-33-36-39-42-45-48-51-58(68)74-61-60(70)59(69)57(52-65)73-63(61)72-53-54(55(66)49-46-43-40-37-34-31-23-20-17-14-11-8-5-2)64-62(71)56(67)50-47-44-41-38-35-32-24-21-18-15-12-9-6-3/h9,12,16,18-19,21,25-26,28-29,33,36,46,49,54-57,59-61,63,65-67,69-70H,4-8,10-11,13-15,17,20,22-24,27,30-32,34-35,37-45,47-48,50-53H2,1-3H3,(H,64,71)/b12-9+,19-16-,21-18+,26-25-,29-28-,36-33-,49-46+. The van der Waals surface area contributed by atoms with Crippen LogP contribution in [0, 0.1) is 0 Å². The van der Waals surface area contributed by atoms with Gasteiger partial charge in [0.1, 0.15) is 24.4 Å². The van der Waals surface area contributed by atoms with Crippen molar-refractivity contribution < 1.29 is 49.3 Å². The minimum Gasteiger partial charge on any atom is -0.454 e. The SMILES string of the molecule is CC/C=C/C/C=C/CCCCCCCCC(O)C(=O)NC(COC1OC(CO)C(O)C(O)C1OC(=O)CCCCC/C=C\C/C=C\C/C=C\C/C=C\CCCCC)C(O)/C=C/CCCCCCCCCCCCC. The summed E-state index contributed by atoms with van der Waals surface area (Å²) in [5.41, 5.74) is 0. The summed E-state index contributed by atoms with van der Waals surface area (Å²) in [6.45, 7) is 5.62. The molecule has 8 unspecified atom stereocenters. The van der Waals surface area contributed by atoms with Crippen LogP contribution < -0.4 is 5.32 Å². The van der Waals surface area contributed by atoms with Crippen molar-refractivity contribution in [2.45, 2.75) is 288 Å². The maximum Gasteiger partial charge on any atom is 0.306 e. The van der Waals surface area contributed by atoms with Crippen molar-refractivity contribution >= 4 is 11.9 Å². The molecule has 0 saturated carbocycles. The van der Waals surface area contributed by atoms with E-state index in [1.165, 1.54) is 83.5 Å². The van der Waals surface area contributed by atoms with E-state index in [9.17, 15) is 35.1 Å². The second kappa shape index (κ2) is 50.6. The smallest absolute Gasteiger partial charge is 0.306 e. The van der Waals surface area contributed by atoms with Crippen LogP contribution in [0.4, 0.5) is 0 Å². The van der Waals surface area contributed by atoms with E-state index >= 15 is 0 Å². The van der Waals surface area contributed by atoms with Gasteiger partial charge in [-0.3, -0.25) is 9.59 Å². The van der Waals surface area contributed by atoms with Crippen LogP contribution in [0.3, 0.4) is 0 Å². The first-order chi connectivity index (χ1) is 36.2. The summed E-state index contributed by atoms with van der Waals surface area (Å²) in [4.78, 5) is 26.5. The largest absolute Gasteiger partial charge is 0.454 e. The fourth-order valence-electron chi connectivity index (χ4n) is 8.79. The van der Waals surface area contributed by atoms with E-state index in [1.54, 1.807) is 6.08 Å². The van der Waals surface area contributed by atoms with Gasteiger partial charge in [-0.15, -0.1) is 0 Å². The van der Waals surface area contributed by atoms with E-state index in [0.717, 1.165) is 109 Å². The third-order valence-corrected chi connectivity index (χ3v) is 13.5. The lowest BCUT2D eigenvalue weighted by Crippen LogP contribution is -2.61. The minimum absolute atomic E-state index is 0.0817. The molecule has 0 radical (unpaired) electrons. The zero-order chi connectivity index (χ0) is 54.0. The van der Waals surface area contributed by atoms with Crippen LogP contribution >= 0.6 is 0 Å². The molecule has 0 bridgehead atoms. The average molecular weight is 1040 g/mol. The van der Waals surface area contributed by atoms with Gasteiger partial charge in [-0.1, -0.05) is 221 Å².